The molecule has 1 amide bonds. The average Bonchev–Trinajstić information content (AvgIpc) is 2.66. The van der Waals surface area contributed by atoms with Gasteiger partial charge in [0.1, 0.15) is 5.75 Å². The predicted molar refractivity (Wildman–Crippen MR) is 96.2 cm³/mol. The molecule has 1 unspecified atom stereocenters. The number of nitrogen functional groups attached to an aromatic ring is 1. The molecule has 0 bridgehead atoms. The monoisotopic (exact) mass is 487 g/mol. The number of nitrogens with two attached hydrogens (primary N) is 1. The van der Waals surface area contributed by atoms with Gasteiger partial charge in [0.15, 0.2) is 11.8 Å². The fourth-order valence-corrected chi connectivity index (χ4v) is 3.56. The number of nitrogens with zero attached hydrogens (tertiary/aromatic N) is 1. The molecule has 1 aromatic carbocycles. The Hall–Kier alpha value is -3.07. The number of hydrogen-bond donors (Lipinski definition) is 3. The lowest BCUT2D eigenvalue weighted by Gasteiger charge is -2.14. The van der Waals surface area contributed by atoms with Gasteiger partial charge in [0.25, 0.3) is 5.91 Å². The van der Waals surface area contributed by atoms with E-state index in [4.69, 9.17) is 10.8 Å². The van der Waals surface area contributed by atoms with Crippen molar-refractivity contribution in [2.45, 2.75) is 34.9 Å². The fraction of sp³-hybridized carbons (Fsp3) is 0.294. The van der Waals surface area contributed by atoms with Gasteiger partial charge in [-0.05, 0) is 36.8 Å². The van der Waals surface area contributed by atoms with Gasteiger partial charge < -0.3 is 20.9 Å². The van der Waals surface area contributed by atoms with Crippen LogP contribution in [-0.2, 0) is 9.84 Å². The highest BCUT2D eigenvalue weighted by atomic mass is 32.2. The highest BCUT2D eigenvalue weighted by molar-refractivity contribution is 7.91. The van der Waals surface area contributed by atoms with Crippen LogP contribution in [0.1, 0.15) is 16.9 Å². The van der Waals surface area contributed by atoms with Crippen LogP contribution in [0.25, 0.3) is 0 Å². The third kappa shape index (κ3) is 6.46. The Morgan fingerprint density at radius 2 is 1.72 bits per heavy atom. The van der Waals surface area contributed by atoms with E-state index >= 15 is 0 Å². The van der Waals surface area contributed by atoms with Gasteiger partial charge in [-0.15, -0.1) is 13.2 Å². The summed E-state index contributed by atoms with van der Waals surface area (Å²) in [7, 11) is -4.28. The van der Waals surface area contributed by atoms with E-state index in [1.807, 2.05) is 0 Å². The summed E-state index contributed by atoms with van der Waals surface area (Å²) >= 11 is 0. The van der Waals surface area contributed by atoms with Crippen LogP contribution in [0, 0.1) is 0 Å². The van der Waals surface area contributed by atoms with Crippen molar-refractivity contribution in [3.63, 3.8) is 0 Å². The number of carbonyl (C=O) groups excluding carboxylic acids is 1. The van der Waals surface area contributed by atoms with Crippen molar-refractivity contribution in [1.82, 2.24) is 10.3 Å². The number of amides is 1. The molecule has 0 fully saturated rings. The number of anilines is 1. The zero-order valence-corrected chi connectivity index (χ0v) is 16.6. The summed E-state index contributed by atoms with van der Waals surface area (Å²) in [4.78, 5) is 14.7. The van der Waals surface area contributed by atoms with Gasteiger partial charge >= 0.3 is 12.5 Å². The van der Waals surface area contributed by atoms with Crippen LogP contribution in [0.2, 0.25) is 0 Å². The summed E-state index contributed by atoms with van der Waals surface area (Å²) < 4.78 is 102. The number of aromatic nitrogens is 1. The number of aliphatic hydroxyl groups is 1. The minimum atomic E-state index is -4.96. The Morgan fingerprint density at radius 1 is 1.12 bits per heavy atom. The van der Waals surface area contributed by atoms with Gasteiger partial charge in [0, 0.05) is 12.7 Å². The Bertz CT molecular complexity index is 1070. The first kappa shape index (κ1) is 25.2. The summed E-state index contributed by atoms with van der Waals surface area (Å²) in [5, 5.41) is 10.9. The van der Waals surface area contributed by atoms with Crippen molar-refractivity contribution in [1.29, 1.82) is 0 Å². The molecule has 4 N–H and O–H groups in total. The normalized spacial score (nSPS) is 13.5. The standard InChI is InChI=1S/C17H15F6N3O5S/c18-16(19,20)13(27)5-6-25-15(28)14-12(24)7-11(8-26-14)32(29,30)10-3-1-9(2-4-10)31-17(21,22)23/h1-4,7-8,13,27H,5-6,24H2,(H,25,28). The summed E-state index contributed by atoms with van der Waals surface area (Å²) in [5.41, 5.74) is 4.74. The van der Waals surface area contributed by atoms with E-state index in [2.05, 4.69) is 15.0 Å². The Labute approximate surface area is 176 Å². The Balaban J connectivity index is 2.13. The number of hydrogen-bond acceptors (Lipinski definition) is 7. The van der Waals surface area contributed by atoms with Crippen LogP contribution in [0.4, 0.5) is 32.0 Å². The first-order valence-electron chi connectivity index (χ1n) is 8.50. The molecule has 1 heterocycles. The SMILES string of the molecule is Nc1cc(S(=O)(=O)c2ccc(OC(F)(F)F)cc2)cnc1C(=O)NCCC(O)C(F)(F)F. The van der Waals surface area contributed by atoms with E-state index in [-0.39, 0.29) is 0 Å². The molecule has 0 spiro atoms. The molecule has 0 aliphatic rings. The molecule has 2 aromatic rings. The minimum Gasteiger partial charge on any atom is -0.406 e. The van der Waals surface area contributed by atoms with Gasteiger partial charge in [-0.25, -0.2) is 13.4 Å². The topological polar surface area (TPSA) is 132 Å². The summed E-state index contributed by atoms with van der Waals surface area (Å²) in [6.45, 7) is -0.562. The molecular formula is C17H15F6N3O5S. The second kappa shape index (κ2) is 9.20. The van der Waals surface area contributed by atoms with E-state index in [1.54, 1.807) is 0 Å². The summed E-state index contributed by atoms with van der Waals surface area (Å²) in [6.07, 6.45) is -12.5. The predicted octanol–water partition coefficient (Wildman–Crippen LogP) is 2.44. The van der Waals surface area contributed by atoms with Crippen LogP contribution >= 0.6 is 0 Å². The quantitative estimate of drug-likeness (QED) is 0.511. The molecule has 1 atom stereocenters. The molecule has 15 heteroatoms. The van der Waals surface area contributed by atoms with Crippen LogP contribution in [0.3, 0.4) is 0 Å². The first-order chi connectivity index (χ1) is 14.6. The number of rotatable bonds is 7. The van der Waals surface area contributed by atoms with Gasteiger partial charge in [0.05, 0.1) is 15.5 Å². The zero-order chi connectivity index (χ0) is 24.3. The lowest BCUT2D eigenvalue weighted by molar-refractivity contribution is -0.274. The molecule has 0 saturated heterocycles. The number of carbonyl (C=O) groups is 1. The number of aliphatic hydroxyl groups excluding tert-OH is 1. The van der Waals surface area contributed by atoms with E-state index in [0.717, 1.165) is 36.5 Å². The number of ether oxygens (including phenoxy) is 1. The molecule has 176 valence electrons. The molecule has 1 aromatic heterocycles. The Kier molecular flexibility index (Phi) is 7.24. The summed E-state index contributed by atoms with van der Waals surface area (Å²) in [6, 6.07) is 4.16. The minimum absolute atomic E-state index is 0.411. The van der Waals surface area contributed by atoms with Crippen molar-refractivity contribution in [2.75, 3.05) is 12.3 Å². The third-order valence-electron chi connectivity index (χ3n) is 3.87. The molecule has 2 rings (SSSR count). The fourth-order valence-electron chi connectivity index (χ4n) is 2.32. The van der Waals surface area contributed by atoms with E-state index in [0.29, 0.717) is 0 Å². The maximum Gasteiger partial charge on any atom is 0.573 e. The highest BCUT2D eigenvalue weighted by Gasteiger charge is 2.37. The van der Waals surface area contributed by atoms with Gasteiger partial charge in [-0.2, -0.15) is 13.2 Å². The van der Waals surface area contributed by atoms with E-state index in [9.17, 15) is 39.6 Å². The molecular weight excluding hydrogens is 472 g/mol. The number of pyridine rings is 1. The average molecular weight is 487 g/mol. The zero-order valence-electron chi connectivity index (χ0n) is 15.7. The van der Waals surface area contributed by atoms with E-state index < -0.39 is 74.3 Å². The first-order valence-corrected chi connectivity index (χ1v) is 9.99. The largest absolute Gasteiger partial charge is 0.573 e. The lowest BCUT2D eigenvalue weighted by atomic mass is 10.2. The summed E-state index contributed by atoms with van der Waals surface area (Å²) in [5.74, 6) is -1.65. The van der Waals surface area contributed by atoms with Crippen molar-refractivity contribution in [3.8, 4) is 5.75 Å². The van der Waals surface area contributed by atoms with Crippen molar-refractivity contribution in [2.24, 2.45) is 0 Å². The van der Waals surface area contributed by atoms with Crippen LogP contribution in [0.5, 0.6) is 5.75 Å². The van der Waals surface area contributed by atoms with Crippen molar-refractivity contribution in [3.05, 3.63) is 42.2 Å². The second-order valence-corrected chi connectivity index (χ2v) is 8.18. The second-order valence-electron chi connectivity index (χ2n) is 6.23. The smallest absolute Gasteiger partial charge is 0.406 e. The van der Waals surface area contributed by atoms with Gasteiger partial charge in [-0.1, -0.05) is 0 Å². The lowest BCUT2D eigenvalue weighted by Crippen LogP contribution is -2.34. The van der Waals surface area contributed by atoms with Crippen LogP contribution < -0.4 is 15.8 Å². The number of halogens is 6. The van der Waals surface area contributed by atoms with Gasteiger partial charge in [0.2, 0.25) is 9.84 Å². The Morgan fingerprint density at radius 3 is 2.22 bits per heavy atom. The highest BCUT2D eigenvalue weighted by Crippen LogP contribution is 2.27. The number of alkyl halides is 6. The molecule has 8 nitrogen and oxygen atoms in total. The van der Waals surface area contributed by atoms with E-state index in [1.165, 1.54) is 0 Å². The molecule has 0 saturated carbocycles. The number of sulfone groups is 1. The molecule has 0 aliphatic heterocycles. The molecule has 32 heavy (non-hydrogen) atoms. The van der Waals surface area contributed by atoms with Crippen LogP contribution in [0.15, 0.2) is 46.3 Å². The number of benzene rings is 1. The van der Waals surface area contributed by atoms with Crippen molar-refractivity contribution < 1.29 is 49.4 Å². The molecule has 0 radical (unpaired) electrons. The molecule has 0 aliphatic carbocycles. The van der Waals surface area contributed by atoms with Crippen molar-refractivity contribution >= 4 is 21.4 Å². The van der Waals surface area contributed by atoms with Crippen LogP contribution in [-0.4, -0.2) is 49.6 Å². The van der Waals surface area contributed by atoms with Gasteiger partial charge in [-0.3, -0.25) is 4.79 Å². The number of nitrogens with one attached hydrogen (secondary N) is 1. The maximum absolute atomic E-state index is 12.6. The third-order valence-corrected chi connectivity index (χ3v) is 5.60. The maximum atomic E-state index is 12.6.